The zero-order valence-corrected chi connectivity index (χ0v) is 9.51. The van der Waals surface area contributed by atoms with Crippen molar-refractivity contribution >= 4 is 21.6 Å². The Bertz CT molecular complexity index is 379. The fourth-order valence-corrected chi connectivity index (χ4v) is 1.98. The second-order valence-electron chi connectivity index (χ2n) is 3.43. The van der Waals surface area contributed by atoms with Crippen LogP contribution in [0.5, 0.6) is 0 Å². The van der Waals surface area contributed by atoms with Gasteiger partial charge < -0.3 is 4.90 Å². The van der Waals surface area contributed by atoms with Crippen molar-refractivity contribution in [3.63, 3.8) is 0 Å². The molecule has 14 heavy (non-hydrogen) atoms. The number of aryl methyl sites for hydroxylation is 1. The van der Waals surface area contributed by atoms with Gasteiger partial charge in [-0.2, -0.15) is 0 Å². The van der Waals surface area contributed by atoms with Crippen LogP contribution in [-0.4, -0.2) is 13.1 Å². The van der Waals surface area contributed by atoms with Crippen LogP contribution in [0.2, 0.25) is 0 Å². The van der Waals surface area contributed by atoms with Gasteiger partial charge >= 0.3 is 0 Å². The standard InChI is InChI=1S/C11H11BrFN/c1-8-6-10(13)9(12)7-11(8)14-4-2-3-5-14/h2-3,6-7H,4-5H2,1H3. The molecule has 1 heterocycles. The summed E-state index contributed by atoms with van der Waals surface area (Å²) < 4.78 is 13.7. The lowest BCUT2D eigenvalue weighted by molar-refractivity contribution is 0.619. The molecule has 74 valence electrons. The lowest BCUT2D eigenvalue weighted by Crippen LogP contribution is -2.19. The van der Waals surface area contributed by atoms with Gasteiger partial charge in [0, 0.05) is 18.8 Å². The first-order valence-corrected chi connectivity index (χ1v) is 5.33. The second-order valence-corrected chi connectivity index (χ2v) is 4.28. The molecule has 0 unspecified atom stereocenters. The second kappa shape index (κ2) is 3.73. The van der Waals surface area contributed by atoms with E-state index in [2.05, 4.69) is 33.0 Å². The third kappa shape index (κ3) is 1.69. The minimum Gasteiger partial charge on any atom is -0.364 e. The van der Waals surface area contributed by atoms with Gasteiger partial charge in [-0.25, -0.2) is 4.39 Å². The first-order valence-electron chi connectivity index (χ1n) is 4.54. The normalized spacial score (nSPS) is 15.2. The first-order chi connectivity index (χ1) is 6.68. The predicted molar refractivity (Wildman–Crippen MR) is 60.2 cm³/mol. The van der Waals surface area contributed by atoms with E-state index < -0.39 is 0 Å². The summed E-state index contributed by atoms with van der Waals surface area (Å²) in [7, 11) is 0. The molecule has 0 amide bonds. The van der Waals surface area contributed by atoms with Crippen molar-refractivity contribution in [3.8, 4) is 0 Å². The minimum atomic E-state index is -0.196. The van der Waals surface area contributed by atoms with Gasteiger partial charge in [0.1, 0.15) is 5.82 Å². The largest absolute Gasteiger partial charge is 0.364 e. The Hall–Kier alpha value is -0.830. The highest BCUT2D eigenvalue weighted by atomic mass is 79.9. The van der Waals surface area contributed by atoms with Crippen LogP contribution >= 0.6 is 15.9 Å². The lowest BCUT2D eigenvalue weighted by Gasteiger charge is -2.20. The molecule has 0 atom stereocenters. The van der Waals surface area contributed by atoms with Crippen LogP contribution in [0.15, 0.2) is 28.8 Å². The Kier molecular flexibility index (Phi) is 2.59. The van der Waals surface area contributed by atoms with Crippen LogP contribution in [0.25, 0.3) is 0 Å². The SMILES string of the molecule is Cc1cc(F)c(Br)cc1N1CC=CC1. The van der Waals surface area contributed by atoms with E-state index in [-0.39, 0.29) is 5.82 Å². The monoisotopic (exact) mass is 255 g/mol. The third-order valence-electron chi connectivity index (χ3n) is 2.40. The number of anilines is 1. The average molecular weight is 256 g/mol. The molecule has 1 aliphatic rings. The van der Waals surface area contributed by atoms with Crippen LogP contribution in [0, 0.1) is 12.7 Å². The lowest BCUT2D eigenvalue weighted by atomic mass is 10.2. The zero-order chi connectivity index (χ0) is 10.1. The zero-order valence-electron chi connectivity index (χ0n) is 7.93. The van der Waals surface area contributed by atoms with Gasteiger partial charge in [-0.05, 0) is 40.5 Å². The van der Waals surface area contributed by atoms with E-state index in [1.165, 1.54) is 0 Å². The van der Waals surface area contributed by atoms with Gasteiger partial charge in [-0.15, -0.1) is 0 Å². The molecule has 0 aliphatic carbocycles. The van der Waals surface area contributed by atoms with E-state index in [9.17, 15) is 4.39 Å². The summed E-state index contributed by atoms with van der Waals surface area (Å²) in [5, 5.41) is 0. The summed E-state index contributed by atoms with van der Waals surface area (Å²) in [6, 6.07) is 3.41. The quantitative estimate of drug-likeness (QED) is 0.697. The average Bonchev–Trinajstić information content (AvgIpc) is 2.64. The summed E-state index contributed by atoms with van der Waals surface area (Å²) >= 11 is 3.21. The molecule has 1 nitrogen and oxygen atoms in total. The Morgan fingerprint density at radius 2 is 1.93 bits per heavy atom. The molecule has 0 saturated carbocycles. The molecule has 0 saturated heterocycles. The Morgan fingerprint density at radius 1 is 1.29 bits per heavy atom. The number of nitrogens with zero attached hydrogens (tertiary/aromatic N) is 1. The van der Waals surface area contributed by atoms with E-state index in [0.717, 1.165) is 24.3 Å². The van der Waals surface area contributed by atoms with Crippen LogP contribution in [0.1, 0.15) is 5.56 Å². The Balaban J connectivity index is 2.38. The van der Waals surface area contributed by atoms with Gasteiger partial charge in [-0.1, -0.05) is 12.2 Å². The van der Waals surface area contributed by atoms with Crippen molar-refractivity contribution in [2.45, 2.75) is 6.92 Å². The van der Waals surface area contributed by atoms with Crippen LogP contribution in [0.4, 0.5) is 10.1 Å². The van der Waals surface area contributed by atoms with Gasteiger partial charge in [0.2, 0.25) is 0 Å². The van der Waals surface area contributed by atoms with Gasteiger partial charge in [0.25, 0.3) is 0 Å². The number of hydrogen-bond acceptors (Lipinski definition) is 1. The predicted octanol–water partition coefficient (Wildman–Crippen LogP) is 3.27. The van der Waals surface area contributed by atoms with E-state index >= 15 is 0 Å². The molecule has 0 radical (unpaired) electrons. The molecule has 0 bridgehead atoms. The molecule has 1 aromatic carbocycles. The molecule has 0 aromatic heterocycles. The molecular formula is C11H11BrFN. The fraction of sp³-hybridized carbons (Fsp3) is 0.273. The fourth-order valence-electron chi connectivity index (χ4n) is 1.65. The highest BCUT2D eigenvalue weighted by Crippen LogP contribution is 2.28. The first kappa shape index (κ1) is 9.71. The number of rotatable bonds is 1. The molecule has 1 aromatic rings. The Morgan fingerprint density at radius 3 is 2.57 bits per heavy atom. The maximum atomic E-state index is 13.2. The van der Waals surface area contributed by atoms with Crippen molar-refractivity contribution in [1.82, 2.24) is 0 Å². The number of halogens is 2. The van der Waals surface area contributed by atoms with Crippen LogP contribution in [0.3, 0.4) is 0 Å². The molecule has 0 N–H and O–H groups in total. The highest BCUT2D eigenvalue weighted by molar-refractivity contribution is 9.10. The van der Waals surface area contributed by atoms with Gasteiger partial charge in [0.05, 0.1) is 4.47 Å². The number of benzene rings is 1. The van der Waals surface area contributed by atoms with E-state index in [1.807, 2.05) is 13.0 Å². The van der Waals surface area contributed by atoms with Gasteiger partial charge in [-0.3, -0.25) is 0 Å². The van der Waals surface area contributed by atoms with E-state index in [0.29, 0.717) is 4.47 Å². The van der Waals surface area contributed by atoms with E-state index in [1.54, 1.807) is 6.07 Å². The summed E-state index contributed by atoms with van der Waals surface area (Å²) in [4.78, 5) is 2.21. The molecular weight excluding hydrogens is 245 g/mol. The summed E-state index contributed by atoms with van der Waals surface area (Å²) in [5.74, 6) is -0.196. The van der Waals surface area contributed by atoms with Gasteiger partial charge in [0.15, 0.2) is 0 Å². The smallest absolute Gasteiger partial charge is 0.137 e. The Labute approximate surface area is 91.4 Å². The molecule has 0 spiro atoms. The van der Waals surface area contributed by atoms with Crippen molar-refractivity contribution in [1.29, 1.82) is 0 Å². The molecule has 1 aliphatic heterocycles. The van der Waals surface area contributed by atoms with Crippen molar-refractivity contribution in [3.05, 3.63) is 40.1 Å². The van der Waals surface area contributed by atoms with Crippen LogP contribution < -0.4 is 4.90 Å². The maximum Gasteiger partial charge on any atom is 0.137 e. The minimum absolute atomic E-state index is 0.196. The number of hydrogen-bond donors (Lipinski definition) is 0. The molecule has 0 fully saturated rings. The van der Waals surface area contributed by atoms with Crippen molar-refractivity contribution in [2.24, 2.45) is 0 Å². The summed E-state index contributed by atoms with van der Waals surface area (Å²) in [6.45, 7) is 3.76. The van der Waals surface area contributed by atoms with E-state index in [4.69, 9.17) is 0 Å². The summed E-state index contributed by atoms with van der Waals surface area (Å²) in [5.41, 5.74) is 2.08. The third-order valence-corrected chi connectivity index (χ3v) is 3.01. The highest BCUT2D eigenvalue weighted by Gasteiger charge is 2.12. The maximum absolute atomic E-state index is 13.2. The van der Waals surface area contributed by atoms with Crippen LogP contribution in [-0.2, 0) is 0 Å². The molecule has 3 heteroatoms. The molecule has 2 rings (SSSR count). The summed E-state index contributed by atoms with van der Waals surface area (Å²) in [6.07, 6.45) is 4.24. The van der Waals surface area contributed by atoms with Crippen molar-refractivity contribution < 1.29 is 4.39 Å². The topological polar surface area (TPSA) is 3.24 Å². The van der Waals surface area contributed by atoms with Crippen molar-refractivity contribution in [2.75, 3.05) is 18.0 Å².